The highest BCUT2D eigenvalue weighted by Gasteiger charge is 2.13. The Morgan fingerprint density at radius 2 is 1.88 bits per heavy atom. The number of nitrogens with zero attached hydrogens (tertiary/aromatic N) is 1. The number of amidine groups is 1. The van der Waals surface area contributed by atoms with Crippen molar-refractivity contribution >= 4 is 5.84 Å². The third-order valence-corrected chi connectivity index (χ3v) is 3.43. The highest BCUT2D eigenvalue weighted by Crippen LogP contribution is 2.13. The SMILES string of the molecule is CC(C)CCCCCCN1CCCCC1=N. The van der Waals surface area contributed by atoms with E-state index in [9.17, 15) is 0 Å². The molecule has 1 aliphatic rings. The standard InChI is InChI=1S/C14H28N2/c1-13(2)9-5-3-4-7-11-16-12-8-6-10-14(16)15/h13,15H,3-12H2,1-2H3. The van der Waals surface area contributed by atoms with E-state index in [1.54, 1.807) is 0 Å². The van der Waals surface area contributed by atoms with Crippen LogP contribution >= 0.6 is 0 Å². The first kappa shape index (κ1) is 13.5. The summed E-state index contributed by atoms with van der Waals surface area (Å²) in [6.07, 6.45) is 10.3. The highest BCUT2D eigenvalue weighted by molar-refractivity contribution is 5.79. The number of rotatable bonds is 7. The average molecular weight is 224 g/mol. The minimum atomic E-state index is 0.857. The summed E-state index contributed by atoms with van der Waals surface area (Å²) in [7, 11) is 0. The lowest BCUT2D eigenvalue weighted by molar-refractivity contribution is 0.354. The minimum absolute atomic E-state index is 0.857. The van der Waals surface area contributed by atoms with Crippen LogP contribution in [0.3, 0.4) is 0 Å². The monoisotopic (exact) mass is 224 g/mol. The van der Waals surface area contributed by atoms with E-state index in [-0.39, 0.29) is 0 Å². The molecule has 0 aromatic heterocycles. The summed E-state index contributed by atoms with van der Waals surface area (Å²) in [6, 6.07) is 0. The molecule has 0 aromatic rings. The quantitative estimate of drug-likeness (QED) is 0.649. The molecular formula is C14H28N2. The second kappa shape index (κ2) is 7.70. The van der Waals surface area contributed by atoms with Crippen molar-refractivity contribution in [2.75, 3.05) is 13.1 Å². The Morgan fingerprint density at radius 1 is 1.12 bits per heavy atom. The molecule has 1 rings (SSSR count). The number of hydrogen-bond acceptors (Lipinski definition) is 1. The molecule has 94 valence electrons. The van der Waals surface area contributed by atoms with E-state index in [0.717, 1.165) is 31.3 Å². The molecule has 0 amide bonds. The number of likely N-dealkylation sites (tertiary alicyclic amines) is 1. The molecule has 0 spiro atoms. The summed E-state index contributed by atoms with van der Waals surface area (Å²) in [5.41, 5.74) is 0. The van der Waals surface area contributed by atoms with Gasteiger partial charge in [-0.15, -0.1) is 0 Å². The Bertz CT molecular complexity index is 199. The van der Waals surface area contributed by atoms with Gasteiger partial charge < -0.3 is 4.90 Å². The van der Waals surface area contributed by atoms with Crippen LogP contribution in [-0.4, -0.2) is 23.8 Å². The lowest BCUT2D eigenvalue weighted by Crippen LogP contribution is -2.35. The molecule has 1 saturated heterocycles. The molecule has 0 atom stereocenters. The fraction of sp³-hybridized carbons (Fsp3) is 0.929. The summed E-state index contributed by atoms with van der Waals surface area (Å²) < 4.78 is 0. The van der Waals surface area contributed by atoms with Crippen LogP contribution < -0.4 is 0 Å². The third kappa shape index (κ3) is 5.53. The van der Waals surface area contributed by atoms with Crippen LogP contribution in [0.25, 0.3) is 0 Å². The van der Waals surface area contributed by atoms with Crippen molar-refractivity contribution in [2.24, 2.45) is 5.92 Å². The maximum atomic E-state index is 7.84. The fourth-order valence-corrected chi connectivity index (χ4v) is 2.34. The Kier molecular flexibility index (Phi) is 6.51. The summed E-state index contributed by atoms with van der Waals surface area (Å²) in [5, 5.41) is 7.84. The van der Waals surface area contributed by atoms with Gasteiger partial charge in [0.05, 0.1) is 5.84 Å². The Hall–Kier alpha value is -0.530. The number of piperidine rings is 1. The van der Waals surface area contributed by atoms with Gasteiger partial charge in [-0.2, -0.15) is 0 Å². The molecule has 0 bridgehead atoms. The van der Waals surface area contributed by atoms with Crippen molar-refractivity contribution in [3.05, 3.63) is 0 Å². The summed E-state index contributed by atoms with van der Waals surface area (Å²) in [5.74, 6) is 1.74. The molecule has 0 aliphatic carbocycles. The largest absolute Gasteiger partial charge is 0.361 e. The van der Waals surface area contributed by atoms with Gasteiger partial charge >= 0.3 is 0 Å². The van der Waals surface area contributed by atoms with E-state index < -0.39 is 0 Å². The van der Waals surface area contributed by atoms with Gasteiger partial charge in [0.25, 0.3) is 0 Å². The normalized spacial score (nSPS) is 17.2. The predicted octanol–water partition coefficient (Wildman–Crippen LogP) is 4.06. The zero-order chi connectivity index (χ0) is 11.8. The molecule has 1 heterocycles. The van der Waals surface area contributed by atoms with Crippen molar-refractivity contribution in [2.45, 2.75) is 65.2 Å². The fourth-order valence-electron chi connectivity index (χ4n) is 2.34. The molecule has 1 aliphatic heterocycles. The molecule has 2 heteroatoms. The summed E-state index contributed by atoms with van der Waals surface area (Å²) >= 11 is 0. The topological polar surface area (TPSA) is 27.1 Å². The van der Waals surface area contributed by atoms with Crippen molar-refractivity contribution < 1.29 is 0 Å². The molecule has 1 fully saturated rings. The van der Waals surface area contributed by atoms with E-state index in [0.29, 0.717) is 0 Å². The number of hydrogen-bond donors (Lipinski definition) is 1. The van der Waals surface area contributed by atoms with Gasteiger partial charge in [-0.3, -0.25) is 5.41 Å². The van der Waals surface area contributed by atoms with Crippen molar-refractivity contribution in [1.29, 1.82) is 5.41 Å². The number of nitrogens with one attached hydrogen (secondary N) is 1. The highest BCUT2D eigenvalue weighted by atomic mass is 15.2. The van der Waals surface area contributed by atoms with Gasteiger partial charge in [-0.05, 0) is 25.2 Å². The van der Waals surface area contributed by atoms with Crippen LogP contribution in [0.5, 0.6) is 0 Å². The van der Waals surface area contributed by atoms with Crippen LogP contribution in [0.15, 0.2) is 0 Å². The van der Waals surface area contributed by atoms with Crippen LogP contribution in [-0.2, 0) is 0 Å². The second-order valence-electron chi connectivity index (χ2n) is 5.49. The van der Waals surface area contributed by atoms with E-state index in [1.807, 2.05) is 0 Å². The van der Waals surface area contributed by atoms with E-state index >= 15 is 0 Å². The maximum Gasteiger partial charge on any atom is 0.0957 e. The van der Waals surface area contributed by atoms with Gasteiger partial charge in [0.1, 0.15) is 0 Å². The molecule has 16 heavy (non-hydrogen) atoms. The Labute approximate surface area is 101 Å². The van der Waals surface area contributed by atoms with Crippen molar-refractivity contribution in [1.82, 2.24) is 4.90 Å². The van der Waals surface area contributed by atoms with Crippen LogP contribution in [0.4, 0.5) is 0 Å². The average Bonchev–Trinajstić information content (AvgIpc) is 2.25. The van der Waals surface area contributed by atoms with Gasteiger partial charge in [0, 0.05) is 19.5 Å². The smallest absolute Gasteiger partial charge is 0.0957 e. The molecule has 0 aromatic carbocycles. The van der Waals surface area contributed by atoms with E-state index in [2.05, 4.69) is 18.7 Å². The van der Waals surface area contributed by atoms with Gasteiger partial charge in [-0.25, -0.2) is 0 Å². The Morgan fingerprint density at radius 3 is 2.56 bits per heavy atom. The lowest BCUT2D eigenvalue weighted by Gasteiger charge is -2.29. The first-order valence-electron chi connectivity index (χ1n) is 7.02. The van der Waals surface area contributed by atoms with Gasteiger partial charge in [0.15, 0.2) is 0 Å². The van der Waals surface area contributed by atoms with Crippen molar-refractivity contribution in [3.63, 3.8) is 0 Å². The lowest BCUT2D eigenvalue weighted by atomic mass is 10.0. The Balaban J connectivity index is 1.96. The maximum absolute atomic E-state index is 7.84. The third-order valence-electron chi connectivity index (χ3n) is 3.43. The summed E-state index contributed by atoms with van der Waals surface area (Å²) in [6.45, 7) is 6.86. The second-order valence-corrected chi connectivity index (χ2v) is 5.49. The molecule has 0 saturated carbocycles. The number of unbranched alkanes of at least 4 members (excludes halogenated alkanes) is 3. The van der Waals surface area contributed by atoms with E-state index in [1.165, 1.54) is 44.9 Å². The van der Waals surface area contributed by atoms with Crippen LogP contribution in [0.2, 0.25) is 0 Å². The predicted molar refractivity (Wildman–Crippen MR) is 71.1 cm³/mol. The first-order valence-corrected chi connectivity index (χ1v) is 7.02. The first-order chi connectivity index (χ1) is 7.70. The van der Waals surface area contributed by atoms with Gasteiger partial charge in [-0.1, -0.05) is 39.5 Å². The molecule has 0 radical (unpaired) electrons. The minimum Gasteiger partial charge on any atom is -0.361 e. The van der Waals surface area contributed by atoms with Crippen molar-refractivity contribution in [3.8, 4) is 0 Å². The zero-order valence-electron chi connectivity index (χ0n) is 11.1. The van der Waals surface area contributed by atoms with Crippen LogP contribution in [0.1, 0.15) is 65.2 Å². The van der Waals surface area contributed by atoms with Crippen LogP contribution in [0, 0.1) is 11.3 Å². The van der Waals surface area contributed by atoms with Gasteiger partial charge in [0.2, 0.25) is 0 Å². The van der Waals surface area contributed by atoms with E-state index in [4.69, 9.17) is 5.41 Å². The molecule has 1 N–H and O–H groups in total. The summed E-state index contributed by atoms with van der Waals surface area (Å²) in [4.78, 5) is 2.28. The zero-order valence-corrected chi connectivity index (χ0v) is 11.1. The molecular weight excluding hydrogens is 196 g/mol. The molecule has 0 unspecified atom stereocenters. The molecule has 2 nitrogen and oxygen atoms in total.